The predicted octanol–water partition coefficient (Wildman–Crippen LogP) is 2.47. The maximum atomic E-state index is 8.61. The first kappa shape index (κ1) is 8.27. The van der Waals surface area contributed by atoms with Crippen LogP contribution in [0.2, 0.25) is 0 Å². The summed E-state index contributed by atoms with van der Waals surface area (Å²) in [7, 11) is 0. The van der Waals surface area contributed by atoms with Gasteiger partial charge in [-0.25, -0.2) is 4.89 Å². The van der Waals surface area contributed by atoms with Gasteiger partial charge in [0.05, 0.1) is 0 Å². The van der Waals surface area contributed by atoms with Gasteiger partial charge in [-0.1, -0.05) is 20.4 Å². The van der Waals surface area contributed by atoms with E-state index in [0.29, 0.717) is 17.3 Å². The molecule has 0 heterocycles. The average Bonchev–Trinajstić information content (AvgIpc) is 2.03. The third kappa shape index (κ3) is 0.824. The fourth-order valence-electron chi connectivity index (χ4n) is 2.79. The Morgan fingerprint density at radius 3 is 2.58 bits per heavy atom. The molecule has 0 saturated heterocycles. The Labute approximate surface area is 73.2 Å². The standard InChI is InChI=1S/C10H16O2/c1-6-8-4-7(10(8,2)3)5-9(6)12-11/h7-9,11H,1,4-5H2,2-3H3. The first-order chi connectivity index (χ1) is 5.57. The van der Waals surface area contributed by atoms with Crippen molar-refractivity contribution >= 4 is 0 Å². The summed E-state index contributed by atoms with van der Waals surface area (Å²) in [5, 5.41) is 8.61. The number of hydrogen-bond donors (Lipinski definition) is 1. The molecule has 3 atom stereocenters. The highest BCUT2D eigenvalue weighted by Crippen LogP contribution is 2.61. The summed E-state index contributed by atoms with van der Waals surface area (Å²) in [6.07, 6.45) is 2.09. The highest BCUT2D eigenvalue weighted by atomic mass is 17.1. The normalized spacial score (nSPS) is 43.9. The highest BCUT2D eigenvalue weighted by molar-refractivity contribution is 5.23. The first-order valence-electron chi connectivity index (χ1n) is 4.56. The molecule has 12 heavy (non-hydrogen) atoms. The molecule has 0 aromatic rings. The molecule has 3 aliphatic carbocycles. The van der Waals surface area contributed by atoms with Gasteiger partial charge in [-0.15, -0.1) is 0 Å². The SMILES string of the molecule is C=C1C(OO)CC2CC1C2(C)C. The van der Waals surface area contributed by atoms with Gasteiger partial charge in [0, 0.05) is 0 Å². The average molecular weight is 168 g/mol. The van der Waals surface area contributed by atoms with Crippen molar-refractivity contribution in [2.75, 3.05) is 0 Å². The van der Waals surface area contributed by atoms with Gasteiger partial charge in [-0.05, 0) is 35.7 Å². The molecule has 3 aliphatic rings. The molecule has 3 fully saturated rings. The van der Waals surface area contributed by atoms with Crippen molar-refractivity contribution < 1.29 is 10.1 Å². The van der Waals surface area contributed by atoms with Crippen LogP contribution in [0, 0.1) is 17.3 Å². The third-order valence-electron chi connectivity index (χ3n) is 3.96. The van der Waals surface area contributed by atoms with Crippen LogP contribution in [0.4, 0.5) is 0 Å². The molecule has 2 nitrogen and oxygen atoms in total. The van der Waals surface area contributed by atoms with E-state index in [4.69, 9.17) is 5.26 Å². The monoisotopic (exact) mass is 168 g/mol. The van der Waals surface area contributed by atoms with Crippen molar-refractivity contribution in [1.82, 2.24) is 0 Å². The van der Waals surface area contributed by atoms with Gasteiger partial charge in [0.2, 0.25) is 0 Å². The molecule has 2 bridgehead atoms. The predicted molar refractivity (Wildman–Crippen MR) is 46.6 cm³/mol. The number of fused-ring (bicyclic) bond motifs is 2. The van der Waals surface area contributed by atoms with Crippen molar-refractivity contribution in [3.8, 4) is 0 Å². The van der Waals surface area contributed by atoms with Crippen LogP contribution in [0.3, 0.4) is 0 Å². The van der Waals surface area contributed by atoms with Gasteiger partial charge < -0.3 is 0 Å². The lowest BCUT2D eigenvalue weighted by Gasteiger charge is -2.59. The molecule has 0 aliphatic heterocycles. The second kappa shape index (κ2) is 2.33. The van der Waals surface area contributed by atoms with Gasteiger partial charge >= 0.3 is 0 Å². The lowest BCUT2D eigenvalue weighted by Crippen LogP contribution is -2.53. The Balaban J connectivity index is 2.17. The molecule has 68 valence electrons. The van der Waals surface area contributed by atoms with Crippen LogP contribution in [0.25, 0.3) is 0 Å². The van der Waals surface area contributed by atoms with Gasteiger partial charge in [0.1, 0.15) is 6.10 Å². The summed E-state index contributed by atoms with van der Waals surface area (Å²) >= 11 is 0. The Hall–Kier alpha value is -0.340. The Morgan fingerprint density at radius 2 is 2.17 bits per heavy atom. The Kier molecular flexibility index (Phi) is 1.61. The van der Waals surface area contributed by atoms with E-state index in [9.17, 15) is 0 Å². The molecule has 0 spiro atoms. The van der Waals surface area contributed by atoms with Crippen molar-refractivity contribution in [3.05, 3.63) is 12.2 Å². The van der Waals surface area contributed by atoms with Gasteiger partial charge in [-0.3, -0.25) is 5.26 Å². The van der Waals surface area contributed by atoms with Crippen LogP contribution in [0.5, 0.6) is 0 Å². The number of rotatable bonds is 1. The lowest BCUT2D eigenvalue weighted by atomic mass is 9.47. The Morgan fingerprint density at radius 1 is 1.50 bits per heavy atom. The second-order valence-electron chi connectivity index (χ2n) is 4.71. The molecule has 3 rings (SSSR count). The van der Waals surface area contributed by atoms with E-state index < -0.39 is 0 Å². The smallest absolute Gasteiger partial charge is 0.114 e. The zero-order valence-corrected chi connectivity index (χ0v) is 7.71. The molecule has 0 amide bonds. The van der Waals surface area contributed by atoms with Crippen LogP contribution in [0.1, 0.15) is 26.7 Å². The Bertz CT molecular complexity index is 220. The van der Waals surface area contributed by atoms with E-state index in [1.54, 1.807) is 0 Å². The summed E-state index contributed by atoms with van der Waals surface area (Å²) in [4.78, 5) is 4.40. The van der Waals surface area contributed by atoms with E-state index in [1.165, 1.54) is 6.42 Å². The van der Waals surface area contributed by atoms with E-state index >= 15 is 0 Å². The minimum Gasteiger partial charge on any atom is -0.251 e. The summed E-state index contributed by atoms with van der Waals surface area (Å²) < 4.78 is 0. The first-order valence-corrected chi connectivity index (χ1v) is 4.56. The molecule has 3 unspecified atom stereocenters. The zero-order valence-electron chi connectivity index (χ0n) is 7.71. The number of hydrogen-bond acceptors (Lipinski definition) is 2. The molecule has 2 heteroatoms. The quantitative estimate of drug-likeness (QED) is 0.370. The second-order valence-corrected chi connectivity index (χ2v) is 4.71. The fraction of sp³-hybridized carbons (Fsp3) is 0.800. The van der Waals surface area contributed by atoms with Gasteiger partial charge in [0.15, 0.2) is 0 Å². The molecule has 0 aromatic carbocycles. The molecular formula is C10H16O2. The molecular weight excluding hydrogens is 152 g/mol. The fourth-order valence-corrected chi connectivity index (χ4v) is 2.79. The molecule has 0 radical (unpaired) electrons. The largest absolute Gasteiger partial charge is 0.251 e. The van der Waals surface area contributed by atoms with Crippen molar-refractivity contribution in [2.24, 2.45) is 17.3 Å². The lowest BCUT2D eigenvalue weighted by molar-refractivity contribution is -0.289. The molecule has 0 aromatic heterocycles. The third-order valence-corrected chi connectivity index (χ3v) is 3.96. The maximum absolute atomic E-state index is 8.61. The van der Waals surface area contributed by atoms with Crippen LogP contribution in [-0.2, 0) is 4.89 Å². The molecule has 1 N–H and O–H groups in total. The van der Waals surface area contributed by atoms with E-state index in [-0.39, 0.29) is 6.10 Å². The molecule has 3 saturated carbocycles. The summed E-state index contributed by atoms with van der Waals surface area (Å²) in [5.41, 5.74) is 1.48. The van der Waals surface area contributed by atoms with Crippen LogP contribution < -0.4 is 0 Å². The van der Waals surface area contributed by atoms with Crippen molar-refractivity contribution in [1.29, 1.82) is 0 Å². The van der Waals surface area contributed by atoms with Crippen LogP contribution in [0.15, 0.2) is 12.2 Å². The summed E-state index contributed by atoms with van der Waals surface area (Å²) in [5.74, 6) is 1.28. The highest BCUT2D eigenvalue weighted by Gasteiger charge is 2.55. The zero-order chi connectivity index (χ0) is 8.93. The van der Waals surface area contributed by atoms with Gasteiger partial charge in [0.25, 0.3) is 0 Å². The van der Waals surface area contributed by atoms with Crippen molar-refractivity contribution in [2.45, 2.75) is 32.8 Å². The summed E-state index contributed by atoms with van der Waals surface area (Å²) in [6.45, 7) is 8.56. The van der Waals surface area contributed by atoms with E-state index in [1.807, 2.05) is 0 Å². The summed E-state index contributed by atoms with van der Waals surface area (Å²) in [6, 6.07) is 0. The minimum atomic E-state index is -0.0956. The van der Waals surface area contributed by atoms with Crippen LogP contribution >= 0.6 is 0 Å². The van der Waals surface area contributed by atoms with Crippen molar-refractivity contribution in [3.63, 3.8) is 0 Å². The van der Waals surface area contributed by atoms with Gasteiger partial charge in [-0.2, -0.15) is 0 Å². The van der Waals surface area contributed by atoms with E-state index in [0.717, 1.165) is 12.0 Å². The topological polar surface area (TPSA) is 29.5 Å². The minimum absolute atomic E-state index is 0.0956. The van der Waals surface area contributed by atoms with E-state index in [2.05, 4.69) is 25.3 Å². The van der Waals surface area contributed by atoms with Crippen LogP contribution in [-0.4, -0.2) is 11.4 Å². The maximum Gasteiger partial charge on any atom is 0.114 e.